The number of nitrogens with zero attached hydrogens (tertiary/aromatic N) is 1. The predicted octanol–water partition coefficient (Wildman–Crippen LogP) is 2.26. The molecule has 1 heterocycles. The molecule has 0 N–H and O–H groups in total. The molecule has 0 aliphatic heterocycles. The zero-order valence-electron chi connectivity index (χ0n) is 9.98. The Kier molecular flexibility index (Phi) is 5.72. The average Bonchev–Trinajstić information content (AvgIpc) is 2.34. The summed E-state index contributed by atoms with van der Waals surface area (Å²) in [6.07, 6.45) is 3.40. The summed E-state index contributed by atoms with van der Waals surface area (Å²) in [6, 6.07) is 5.79. The van der Waals surface area contributed by atoms with E-state index < -0.39 is 0 Å². The molecule has 0 saturated carbocycles. The maximum atomic E-state index is 11.4. The molecule has 3 nitrogen and oxygen atoms in total. The Labute approximate surface area is 96.8 Å². The maximum Gasteiger partial charge on any atom is 0.161 e. The second kappa shape index (κ2) is 7.12. The van der Waals surface area contributed by atoms with Crippen molar-refractivity contribution in [2.45, 2.75) is 26.7 Å². The number of carbonyl (C=O) groups is 1. The van der Waals surface area contributed by atoms with Crippen molar-refractivity contribution >= 4 is 5.78 Å². The number of hydrogen-bond acceptors (Lipinski definition) is 3. The Balaban J connectivity index is 2.15. The monoisotopic (exact) mass is 221 g/mol. The minimum absolute atomic E-state index is 0.106. The molecule has 0 aliphatic carbocycles. The molecule has 0 saturated heterocycles. The van der Waals surface area contributed by atoms with E-state index in [1.54, 1.807) is 6.20 Å². The van der Waals surface area contributed by atoms with Crippen LogP contribution in [0.15, 0.2) is 24.4 Å². The molecule has 0 aromatic carbocycles. The molecule has 0 aliphatic rings. The first kappa shape index (κ1) is 12.8. The predicted molar refractivity (Wildman–Crippen MR) is 63.2 cm³/mol. The Hall–Kier alpha value is -1.22. The molecular weight excluding hydrogens is 202 g/mol. The van der Waals surface area contributed by atoms with Gasteiger partial charge in [-0.15, -0.1) is 0 Å². The number of ether oxygens (including phenoxy) is 1. The minimum atomic E-state index is 0.106. The van der Waals surface area contributed by atoms with Crippen molar-refractivity contribution in [1.82, 2.24) is 4.98 Å². The third kappa shape index (κ3) is 4.53. The third-order valence-electron chi connectivity index (χ3n) is 2.64. The molecular formula is C13H19NO2. The van der Waals surface area contributed by atoms with Crippen molar-refractivity contribution in [3.05, 3.63) is 30.1 Å². The fourth-order valence-electron chi connectivity index (χ4n) is 1.27. The van der Waals surface area contributed by atoms with E-state index >= 15 is 0 Å². The zero-order chi connectivity index (χ0) is 11.8. The van der Waals surface area contributed by atoms with E-state index in [9.17, 15) is 4.79 Å². The lowest BCUT2D eigenvalue weighted by molar-refractivity contribution is -0.127. The zero-order valence-corrected chi connectivity index (χ0v) is 9.98. The van der Waals surface area contributed by atoms with Crippen molar-refractivity contribution in [2.24, 2.45) is 5.92 Å². The van der Waals surface area contributed by atoms with Gasteiger partial charge in [0.2, 0.25) is 0 Å². The van der Waals surface area contributed by atoms with Crippen molar-refractivity contribution < 1.29 is 9.53 Å². The van der Waals surface area contributed by atoms with Gasteiger partial charge in [0.05, 0.1) is 6.61 Å². The van der Waals surface area contributed by atoms with Crippen LogP contribution in [0.3, 0.4) is 0 Å². The highest BCUT2D eigenvalue weighted by molar-refractivity contribution is 5.81. The summed E-state index contributed by atoms with van der Waals surface area (Å²) in [7, 11) is 0. The Morgan fingerprint density at radius 1 is 1.50 bits per heavy atom. The quantitative estimate of drug-likeness (QED) is 0.663. The van der Waals surface area contributed by atoms with Gasteiger partial charge in [-0.05, 0) is 18.6 Å². The van der Waals surface area contributed by atoms with Gasteiger partial charge in [-0.2, -0.15) is 0 Å². The van der Waals surface area contributed by atoms with Gasteiger partial charge in [0.25, 0.3) is 0 Å². The van der Waals surface area contributed by atoms with Crippen LogP contribution in [0.1, 0.15) is 26.0 Å². The van der Waals surface area contributed by atoms with Crippen LogP contribution >= 0.6 is 0 Å². The van der Waals surface area contributed by atoms with Gasteiger partial charge in [0.1, 0.15) is 6.61 Å². The van der Waals surface area contributed by atoms with Gasteiger partial charge in [0.15, 0.2) is 5.78 Å². The molecule has 0 bridgehead atoms. The highest BCUT2D eigenvalue weighted by Crippen LogP contribution is 2.02. The van der Waals surface area contributed by atoms with Crippen molar-refractivity contribution in [3.8, 4) is 0 Å². The van der Waals surface area contributed by atoms with E-state index in [-0.39, 0.29) is 18.3 Å². The molecule has 1 aromatic rings. The number of aromatic nitrogens is 1. The van der Waals surface area contributed by atoms with Crippen LogP contribution in [-0.4, -0.2) is 24.0 Å². The van der Waals surface area contributed by atoms with Gasteiger partial charge in [-0.1, -0.05) is 19.9 Å². The Morgan fingerprint density at radius 2 is 2.31 bits per heavy atom. The van der Waals surface area contributed by atoms with E-state index in [0.717, 1.165) is 18.5 Å². The van der Waals surface area contributed by atoms with Gasteiger partial charge in [-0.3, -0.25) is 9.78 Å². The van der Waals surface area contributed by atoms with Crippen LogP contribution in [0.5, 0.6) is 0 Å². The minimum Gasteiger partial charge on any atom is -0.373 e. The number of carbonyl (C=O) groups excluding carboxylic acids is 1. The first-order valence-electron chi connectivity index (χ1n) is 5.74. The van der Waals surface area contributed by atoms with E-state index in [0.29, 0.717) is 6.61 Å². The molecule has 1 unspecified atom stereocenters. The number of hydrogen-bond donors (Lipinski definition) is 0. The SMILES string of the molecule is CCC(C)C(=O)COCCc1ccccn1. The van der Waals surface area contributed by atoms with E-state index in [2.05, 4.69) is 4.98 Å². The smallest absolute Gasteiger partial charge is 0.161 e. The second-order valence-corrected chi connectivity index (χ2v) is 3.90. The molecule has 1 rings (SSSR count). The Bertz CT molecular complexity index is 311. The summed E-state index contributed by atoms with van der Waals surface area (Å²) in [5, 5.41) is 0. The summed E-state index contributed by atoms with van der Waals surface area (Å²) in [4.78, 5) is 15.6. The van der Waals surface area contributed by atoms with Crippen LogP contribution in [0.4, 0.5) is 0 Å². The van der Waals surface area contributed by atoms with Crippen LogP contribution in [0, 0.1) is 5.92 Å². The molecule has 0 fully saturated rings. The third-order valence-corrected chi connectivity index (χ3v) is 2.64. The second-order valence-electron chi connectivity index (χ2n) is 3.90. The van der Waals surface area contributed by atoms with Crippen LogP contribution in [0.2, 0.25) is 0 Å². The van der Waals surface area contributed by atoms with Gasteiger partial charge in [-0.25, -0.2) is 0 Å². The average molecular weight is 221 g/mol. The van der Waals surface area contributed by atoms with E-state index in [4.69, 9.17) is 4.74 Å². The summed E-state index contributed by atoms with van der Waals surface area (Å²) in [5.74, 6) is 0.290. The highest BCUT2D eigenvalue weighted by Gasteiger charge is 2.09. The lowest BCUT2D eigenvalue weighted by Crippen LogP contribution is -2.17. The molecule has 1 aromatic heterocycles. The van der Waals surface area contributed by atoms with Gasteiger partial charge in [0, 0.05) is 24.2 Å². The lowest BCUT2D eigenvalue weighted by atomic mass is 10.1. The molecule has 16 heavy (non-hydrogen) atoms. The van der Waals surface area contributed by atoms with Crippen molar-refractivity contribution in [1.29, 1.82) is 0 Å². The summed E-state index contributed by atoms with van der Waals surface area (Å²) < 4.78 is 5.33. The first-order chi connectivity index (χ1) is 7.74. The van der Waals surface area contributed by atoms with Crippen LogP contribution in [0.25, 0.3) is 0 Å². The largest absolute Gasteiger partial charge is 0.373 e. The fourth-order valence-corrected chi connectivity index (χ4v) is 1.27. The topological polar surface area (TPSA) is 39.2 Å². The van der Waals surface area contributed by atoms with E-state index in [1.807, 2.05) is 32.0 Å². The summed E-state index contributed by atoms with van der Waals surface area (Å²) >= 11 is 0. The highest BCUT2D eigenvalue weighted by atomic mass is 16.5. The molecule has 0 radical (unpaired) electrons. The van der Waals surface area contributed by atoms with Crippen molar-refractivity contribution in [3.63, 3.8) is 0 Å². The number of Topliss-reactive ketones (excluding diaryl/α,β-unsaturated/α-hetero) is 1. The molecule has 88 valence electrons. The maximum absolute atomic E-state index is 11.4. The van der Waals surface area contributed by atoms with Crippen molar-refractivity contribution in [2.75, 3.05) is 13.2 Å². The number of ketones is 1. The van der Waals surface area contributed by atoms with Gasteiger partial charge >= 0.3 is 0 Å². The standard InChI is InChI=1S/C13H19NO2/c1-3-11(2)13(15)10-16-9-7-12-6-4-5-8-14-12/h4-6,8,11H,3,7,9-10H2,1-2H3. The van der Waals surface area contributed by atoms with Crippen LogP contribution < -0.4 is 0 Å². The normalized spacial score (nSPS) is 12.4. The molecule has 1 atom stereocenters. The number of pyridine rings is 1. The van der Waals surface area contributed by atoms with Gasteiger partial charge < -0.3 is 4.74 Å². The van der Waals surface area contributed by atoms with E-state index in [1.165, 1.54) is 0 Å². The lowest BCUT2D eigenvalue weighted by Gasteiger charge is -2.07. The Morgan fingerprint density at radius 3 is 2.94 bits per heavy atom. The number of rotatable bonds is 7. The summed E-state index contributed by atoms with van der Waals surface area (Å²) in [6.45, 7) is 4.72. The molecule has 3 heteroatoms. The fraction of sp³-hybridized carbons (Fsp3) is 0.538. The first-order valence-corrected chi connectivity index (χ1v) is 5.74. The van der Waals surface area contributed by atoms with Crippen LogP contribution in [-0.2, 0) is 16.0 Å². The molecule has 0 spiro atoms. The molecule has 0 amide bonds. The summed E-state index contributed by atoms with van der Waals surface area (Å²) in [5.41, 5.74) is 0.999.